The van der Waals surface area contributed by atoms with Gasteiger partial charge in [0, 0.05) is 16.1 Å². The summed E-state index contributed by atoms with van der Waals surface area (Å²) in [4.78, 5) is 0. The van der Waals surface area contributed by atoms with Crippen LogP contribution in [0, 0.1) is 11.3 Å². The first-order valence-corrected chi connectivity index (χ1v) is 9.23. The molecule has 0 aliphatic heterocycles. The van der Waals surface area contributed by atoms with Crippen molar-refractivity contribution in [3.05, 3.63) is 0 Å². The molecule has 18 heavy (non-hydrogen) atoms. The van der Waals surface area contributed by atoms with Crippen LogP contribution in [0.25, 0.3) is 0 Å². The molecule has 1 rings (SSSR count). The van der Waals surface area contributed by atoms with Gasteiger partial charge in [-0.3, -0.25) is 0 Å². The van der Waals surface area contributed by atoms with Crippen molar-refractivity contribution in [1.82, 2.24) is 0 Å². The van der Waals surface area contributed by atoms with Crippen LogP contribution in [-0.4, -0.2) is 26.9 Å². The highest BCUT2D eigenvalue weighted by molar-refractivity contribution is 8.13. The molecule has 1 aliphatic rings. The van der Waals surface area contributed by atoms with Crippen molar-refractivity contribution in [1.29, 1.82) is 0 Å². The van der Waals surface area contributed by atoms with Crippen molar-refractivity contribution in [3.8, 4) is 0 Å². The zero-order chi connectivity index (χ0) is 13.8. The van der Waals surface area contributed by atoms with E-state index < -0.39 is 14.5 Å². The van der Waals surface area contributed by atoms with Crippen molar-refractivity contribution in [2.45, 2.75) is 59.0 Å². The molecule has 0 spiro atoms. The maximum absolute atomic E-state index is 11.1. The van der Waals surface area contributed by atoms with E-state index in [4.69, 9.17) is 15.4 Å². The second-order valence-corrected chi connectivity index (χ2v) is 9.00. The number of hydrogen-bond donors (Lipinski definition) is 0. The fourth-order valence-electron chi connectivity index (χ4n) is 2.62. The Hall–Kier alpha value is 0.200. The van der Waals surface area contributed by atoms with E-state index in [0.29, 0.717) is 12.7 Å². The second kappa shape index (κ2) is 6.58. The smallest absolute Gasteiger partial charge is 0.233 e. The largest absolute Gasteiger partial charge is 0.378 e. The summed E-state index contributed by atoms with van der Waals surface area (Å²) in [7, 11) is 1.84. The van der Waals surface area contributed by atoms with Gasteiger partial charge in [0.25, 0.3) is 0 Å². The van der Waals surface area contributed by atoms with Crippen LogP contribution in [-0.2, 0) is 13.8 Å². The van der Waals surface area contributed by atoms with E-state index in [9.17, 15) is 8.42 Å². The lowest BCUT2D eigenvalue weighted by Gasteiger charge is -2.31. The molecule has 5 heteroatoms. The lowest BCUT2D eigenvalue weighted by atomic mass is 9.85. The minimum Gasteiger partial charge on any atom is -0.378 e. The first-order valence-electron chi connectivity index (χ1n) is 6.76. The molecule has 0 bridgehead atoms. The van der Waals surface area contributed by atoms with E-state index in [-0.39, 0.29) is 5.75 Å². The van der Waals surface area contributed by atoms with E-state index in [2.05, 4.69) is 6.92 Å². The Morgan fingerprint density at radius 2 is 2.00 bits per heavy atom. The number of hydrogen-bond acceptors (Lipinski definition) is 3. The predicted octanol–water partition coefficient (Wildman–Crippen LogP) is 3.57. The summed E-state index contributed by atoms with van der Waals surface area (Å²) in [6.45, 7) is 6.44. The Kier molecular flexibility index (Phi) is 5.94. The molecule has 2 atom stereocenters. The summed E-state index contributed by atoms with van der Waals surface area (Å²) in [6.07, 6.45) is 6.23. The van der Waals surface area contributed by atoms with E-state index in [0.717, 1.165) is 18.8 Å². The number of rotatable bonds is 6. The molecular formula is C13H25ClO3S. The summed E-state index contributed by atoms with van der Waals surface area (Å²) in [5.41, 5.74) is -0.417. The van der Waals surface area contributed by atoms with Gasteiger partial charge in [0.05, 0.1) is 18.5 Å². The van der Waals surface area contributed by atoms with Crippen molar-refractivity contribution in [2.75, 3.05) is 12.4 Å². The van der Waals surface area contributed by atoms with Crippen molar-refractivity contribution in [2.24, 2.45) is 11.3 Å². The van der Waals surface area contributed by atoms with Gasteiger partial charge in [-0.15, -0.1) is 0 Å². The highest BCUT2D eigenvalue weighted by atomic mass is 35.7. The van der Waals surface area contributed by atoms with Gasteiger partial charge in [-0.25, -0.2) is 8.42 Å². The molecule has 2 unspecified atom stereocenters. The normalized spacial score (nSPS) is 26.2. The minimum absolute atomic E-state index is 0.0362. The second-order valence-electron chi connectivity index (χ2n) is 6.22. The van der Waals surface area contributed by atoms with Crippen molar-refractivity contribution in [3.63, 3.8) is 0 Å². The lowest BCUT2D eigenvalue weighted by molar-refractivity contribution is -0.0204. The molecule has 1 saturated carbocycles. The number of ether oxygens (including phenoxy) is 1. The lowest BCUT2D eigenvalue weighted by Crippen LogP contribution is -2.31. The Morgan fingerprint density at radius 1 is 1.33 bits per heavy atom. The van der Waals surface area contributed by atoms with Gasteiger partial charge in [-0.1, -0.05) is 40.0 Å². The van der Waals surface area contributed by atoms with Crippen LogP contribution in [0.2, 0.25) is 0 Å². The fraction of sp³-hybridized carbons (Fsp3) is 1.00. The van der Waals surface area contributed by atoms with Crippen LogP contribution in [0.5, 0.6) is 0 Å². The zero-order valence-electron chi connectivity index (χ0n) is 11.6. The van der Waals surface area contributed by atoms with Crippen LogP contribution in [0.15, 0.2) is 0 Å². The van der Waals surface area contributed by atoms with Crippen LogP contribution < -0.4 is 0 Å². The summed E-state index contributed by atoms with van der Waals surface area (Å²) in [6, 6.07) is 0. The first kappa shape index (κ1) is 16.3. The molecule has 108 valence electrons. The third-order valence-corrected chi connectivity index (χ3v) is 5.04. The van der Waals surface area contributed by atoms with Gasteiger partial charge in [-0.05, 0) is 18.8 Å². The molecule has 0 aromatic rings. The Labute approximate surface area is 116 Å². The standard InChI is InChI=1S/C13H25ClO3S/c1-4-11-6-5-7-12(8-11)17-9-13(2,3)10-18(14,15)16/h11-12H,4-10H2,1-3H3. The van der Waals surface area contributed by atoms with Crippen molar-refractivity contribution < 1.29 is 13.2 Å². The molecule has 0 aromatic carbocycles. The molecule has 1 fully saturated rings. The zero-order valence-corrected chi connectivity index (χ0v) is 13.2. The monoisotopic (exact) mass is 296 g/mol. The van der Waals surface area contributed by atoms with Gasteiger partial charge >= 0.3 is 0 Å². The van der Waals surface area contributed by atoms with Gasteiger partial charge in [0.2, 0.25) is 9.05 Å². The van der Waals surface area contributed by atoms with Gasteiger partial charge in [0.15, 0.2) is 0 Å². The highest BCUT2D eigenvalue weighted by Gasteiger charge is 2.28. The van der Waals surface area contributed by atoms with Crippen molar-refractivity contribution >= 4 is 19.7 Å². The molecule has 0 saturated heterocycles. The summed E-state index contributed by atoms with van der Waals surface area (Å²) in [5, 5.41) is 0. The molecule has 0 N–H and O–H groups in total. The molecular weight excluding hydrogens is 272 g/mol. The third kappa shape index (κ3) is 6.39. The van der Waals surface area contributed by atoms with Crippen LogP contribution >= 0.6 is 10.7 Å². The van der Waals surface area contributed by atoms with Gasteiger partial charge < -0.3 is 4.74 Å². The molecule has 0 amide bonds. The summed E-state index contributed by atoms with van der Waals surface area (Å²) >= 11 is 0. The molecule has 0 radical (unpaired) electrons. The molecule has 0 aromatic heterocycles. The Balaban J connectivity index is 2.39. The molecule has 0 heterocycles. The average molecular weight is 297 g/mol. The Bertz CT molecular complexity index is 351. The van der Waals surface area contributed by atoms with Gasteiger partial charge in [0.1, 0.15) is 0 Å². The van der Waals surface area contributed by atoms with Crippen LogP contribution in [0.4, 0.5) is 0 Å². The summed E-state index contributed by atoms with van der Waals surface area (Å²) < 4.78 is 28.1. The summed E-state index contributed by atoms with van der Waals surface area (Å²) in [5.74, 6) is 0.731. The van der Waals surface area contributed by atoms with E-state index >= 15 is 0 Å². The van der Waals surface area contributed by atoms with E-state index in [1.165, 1.54) is 19.3 Å². The van der Waals surface area contributed by atoms with E-state index in [1.807, 2.05) is 13.8 Å². The number of halogens is 1. The van der Waals surface area contributed by atoms with Gasteiger partial charge in [-0.2, -0.15) is 0 Å². The third-order valence-electron chi connectivity index (χ3n) is 3.58. The minimum atomic E-state index is -3.46. The maximum Gasteiger partial charge on any atom is 0.233 e. The molecule has 1 aliphatic carbocycles. The highest BCUT2D eigenvalue weighted by Crippen LogP contribution is 2.30. The molecule has 3 nitrogen and oxygen atoms in total. The van der Waals surface area contributed by atoms with Crippen LogP contribution in [0.1, 0.15) is 52.9 Å². The fourth-order valence-corrected chi connectivity index (χ4v) is 4.52. The quantitative estimate of drug-likeness (QED) is 0.704. The van der Waals surface area contributed by atoms with E-state index in [1.54, 1.807) is 0 Å². The predicted molar refractivity (Wildman–Crippen MR) is 75.4 cm³/mol. The van der Waals surface area contributed by atoms with Crippen LogP contribution in [0.3, 0.4) is 0 Å². The Morgan fingerprint density at radius 3 is 2.56 bits per heavy atom. The topological polar surface area (TPSA) is 43.4 Å². The average Bonchev–Trinajstić information content (AvgIpc) is 2.24. The SMILES string of the molecule is CCC1CCCC(OCC(C)(C)CS(=O)(=O)Cl)C1. The maximum atomic E-state index is 11.1. The first-order chi connectivity index (χ1) is 8.22.